The molecule has 14 heteroatoms. The van der Waals surface area contributed by atoms with Gasteiger partial charge in [0.25, 0.3) is 0 Å². The molecule has 0 spiro atoms. The molecule has 0 unspecified atom stereocenters. The zero-order valence-corrected chi connectivity index (χ0v) is 7.17. The van der Waals surface area contributed by atoms with E-state index < -0.39 is 20.8 Å². The van der Waals surface area contributed by atoms with Crippen LogP contribution in [0.25, 0.3) is 0 Å². The fourth-order valence-corrected chi connectivity index (χ4v) is 0. The van der Waals surface area contributed by atoms with Crippen molar-refractivity contribution >= 4 is 72.2 Å². The monoisotopic (exact) mass is 286 g/mol. The maximum absolute atomic E-state index is 8.74. The number of hydrogen-bond acceptors (Lipinski definition) is 7. The Bertz CT molecular complexity index is 222. The van der Waals surface area contributed by atoms with Gasteiger partial charge in [-0.3, -0.25) is 18.2 Å². The summed E-state index contributed by atoms with van der Waals surface area (Å²) in [7, 11) is -9.33. The predicted octanol–water partition coefficient (Wildman–Crippen LogP) is -2.01. The van der Waals surface area contributed by atoms with Gasteiger partial charge in [0.2, 0.25) is 0 Å². The van der Waals surface area contributed by atoms with Crippen molar-refractivity contribution in [1.82, 2.24) is 0 Å². The van der Waals surface area contributed by atoms with Crippen molar-refractivity contribution < 1.29 is 50.6 Å². The van der Waals surface area contributed by atoms with E-state index in [9.17, 15) is 0 Å². The van der Waals surface area contributed by atoms with Gasteiger partial charge in [-0.2, -0.15) is 16.8 Å². The van der Waals surface area contributed by atoms with Crippen molar-refractivity contribution in [1.29, 1.82) is 0 Å². The quantitative estimate of drug-likeness (QED) is 0.124. The zero-order chi connectivity index (χ0) is 11.7. The standard InChI is InChI=1S/K.2H2O4S.H2O3.H/c;2*1-5(2,3)4;1-3-2;/h;2*(H2,1,2,3,4);1-2H;. The van der Waals surface area contributed by atoms with Gasteiger partial charge in [0, 0.05) is 0 Å². The van der Waals surface area contributed by atoms with E-state index in [1.807, 2.05) is 0 Å². The van der Waals surface area contributed by atoms with Crippen LogP contribution < -0.4 is 0 Å². The average molecular weight is 286 g/mol. The summed E-state index contributed by atoms with van der Waals surface area (Å²) >= 11 is 0. The van der Waals surface area contributed by atoms with Crippen LogP contribution in [0.1, 0.15) is 0 Å². The minimum absolute atomic E-state index is 0. The molecule has 0 heterocycles. The molecule has 0 aliphatic carbocycles. The number of rotatable bonds is 0. The molecule has 0 saturated heterocycles. The Balaban J connectivity index is -0.0000000535. The second kappa shape index (κ2) is 12.3. The Morgan fingerprint density at radius 3 is 0.714 bits per heavy atom. The van der Waals surface area contributed by atoms with Crippen LogP contribution in [0.5, 0.6) is 0 Å². The SMILES string of the molecule is O=S(=O)(O)O.O=S(=O)(O)O.OOO.[KH]. The van der Waals surface area contributed by atoms with Crippen LogP contribution in [0.2, 0.25) is 0 Å². The third-order valence-corrected chi connectivity index (χ3v) is 0. The third-order valence-electron chi connectivity index (χ3n) is 0. The van der Waals surface area contributed by atoms with Gasteiger partial charge in [-0.15, -0.1) is 0 Å². The fraction of sp³-hybridized carbons (Fsp3) is 0. The van der Waals surface area contributed by atoms with E-state index >= 15 is 0 Å². The molecule has 0 aliphatic rings. The van der Waals surface area contributed by atoms with Crippen LogP contribution in [0, 0.1) is 0 Å². The molecule has 86 valence electrons. The van der Waals surface area contributed by atoms with E-state index in [-0.39, 0.29) is 51.4 Å². The van der Waals surface area contributed by atoms with Gasteiger partial charge in [0.15, 0.2) is 0 Å². The summed E-state index contributed by atoms with van der Waals surface area (Å²) in [6.07, 6.45) is 0. The summed E-state index contributed by atoms with van der Waals surface area (Å²) in [5.74, 6) is 0. The molecule has 0 radical (unpaired) electrons. The molecule has 0 bridgehead atoms. The minimum atomic E-state index is -4.67. The van der Waals surface area contributed by atoms with Crippen molar-refractivity contribution in [3.05, 3.63) is 0 Å². The Morgan fingerprint density at radius 2 is 0.714 bits per heavy atom. The summed E-state index contributed by atoms with van der Waals surface area (Å²) in [5.41, 5.74) is 0. The predicted molar refractivity (Wildman–Crippen MR) is 41.8 cm³/mol. The number of hydrogen-bond donors (Lipinski definition) is 6. The Hall–Kier alpha value is 1.26. The van der Waals surface area contributed by atoms with Gasteiger partial charge < -0.3 is 0 Å². The second-order valence-electron chi connectivity index (χ2n) is 0.977. The molecule has 0 atom stereocenters. The van der Waals surface area contributed by atoms with Crippen LogP contribution in [-0.4, -0.2) is 96.9 Å². The summed E-state index contributed by atoms with van der Waals surface area (Å²) in [4.78, 5) is 0. The van der Waals surface area contributed by atoms with Gasteiger partial charge in [-0.1, -0.05) is 5.04 Å². The fourth-order valence-electron chi connectivity index (χ4n) is 0. The van der Waals surface area contributed by atoms with Crippen LogP contribution in [-0.2, 0) is 25.8 Å². The second-order valence-corrected chi connectivity index (χ2v) is 2.77. The molecule has 6 N–H and O–H groups in total. The summed E-state index contributed by atoms with van der Waals surface area (Å²) in [6, 6.07) is 0. The molecule has 0 aliphatic heterocycles. The molecule has 0 rings (SSSR count). The normalized spacial score (nSPS) is 9.57. The van der Waals surface area contributed by atoms with E-state index in [0.717, 1.165) is 0 Å². The first-order chi connectivity index (χ1) is 5.41. The van der Waals surface area contributed by atoms with E-state index in [1.54, 1.807) is 0 Å². The Kier molecular flexibility index (Phi) is 21.5. The molecule has 0 aromatic carbocycles. The van der Waals surface area contributed by atoms with E-state index in [1.165, 1.54) is 0 Å². The van der Waals surface area contributed by atoms with Gasteiger partial charge >= 0.3 is 72.2 Å². The maximum atomic E-state index is 8.74. The average Bonchev–Trinajstić information content (AvgIpc) is 1.52. The molecule has 0 amide bonds. The van der Waals surface area contributed by atoms with Gasteiger partial charge in [0.05, 0.1) is 0 Å². The Morgan fingerprint density at radius 1 is 0.714 bits per heavy atom. The summed E-state index contributed by atoms with van der Waals surface area (Å²) in [6.45, 7) is 0. The topological polar surface area (TPSA) is 199 Å². The van der Waals surface area contributed by atoms with Gasteiger partial charge in [-0.05, 0) is 0 Å². The molecular weight excluding hydrogens is 279 g/mol. The van der Waals surface area contributed by atoms with Crippen molar-refractivity contribution in [3.8, 4) is 0 Å². The van der Waals surface area contributed by atoms with Crippen molar-refractivity contribution in [2.45, 2.75) is 0 Å². The van der Waals surface area contributed by atoms with E-state index in [0.29, 0.717) is 0 Å². The molecule has 0 fully saturated rings. The third kappa shape index (κ3) is 1260. The van der Waals surface area contributed by atoms with E-state index in [4.69, 9.17) is 45.6 Å². The van der Waals surface area contributed by atoms with Crippen LogP contribution in [0.4, 0.5) is 0 Å². The molecule has 0 aromatic rings. The Labute approximate surface area is 121 Å². The molecule has 11 nitrogen and oxygen atoms in total. The van der Waals surface area contributed by atoms with Gasteiger partial charge in [0.1, 0.15) is 0 Å². The van der Waals surface area contributed by atoms with Crippen LogP contribution in [0.15, 0.2) is 0 Å². The molecule has 0 aromatic heterocycles. The van der Waals surface area contributed by atoms with Crippen molar-refractivity contribution in [2.24, 2.45) is 0 Å². The van der Waals surface area contributed by atoms with Crippen molar-refractivity contribution in [3.63, 3.8) is 0 Å². The van der Waals surface area contributed by atoms with E-state index in [2.05, 4.69) is 5.04 Å². The molecular formula is H7KO11S2. The van der Waals surface area contributed by atoms with Crippen LogP contribution >= 0.6 is 0 Å². The van der Waals surface area contributed by atoms with Crippen LogP contribution in [0.3, 0.4) is 0 Å². The summed E-state index contributed by atoms with van der Waals surface area (Å²) in [5, 5.41) is 15.5. The first kappa shape index (κ1) is 24.5. The first-order valence-corrected chi connectivity index (χ1v) is 4.56. The summed E-state index contributed by atoms with van der Waals surface area (Å²) < 4.78 is 63.2. The first-order valence-electron chi connectivity index (χ1n) is 1.76. The molecule has 14 heavy (non-hydrogen) atoms. The zero-order valence-electron chi connectivity index (χ0n) is 5.54. The van der Waals surface area contributed by atoms with Gasteiger partial charge in [-0.25, -0.2) is 10.5 Å². The molecule has 0 saturated carbocycles. The van der Waals surface area contributed by atoms with Crippen molar-refractivity contribution in [2.75, 3.05) is 0 Å².